The molecule has 0 aliphatic heterocycles. The maximum Gasteiger partial charge on any atom is 0.151 e. The van der Waals surface area contributed by atoms with Gasteiger partial charge < -0.3 is 0 Å². The van der Waals surface area contributed by atoms with Gasteiger partial charge in [-0.2, -0.15) is 0 Å². The van der Waals surface area contributed by atoms with Gasteiger partial charge in [-0.05, 0) is 113 Å². The zero-order valence-electron chi connectivity index (χ0n) is 29.8. The van der Waals surface area contributed by atoms with E-state index in [0.29, 0.717) is 5.78 Å². The van der Waals surface area contributed by atoms with Gasteiger partial charge in [-0.15, -0.1) is 0 Å². The first-order valence-corrected chi connectivity index (χ1v) is 21.5. The van der Waals surface area contributed by atoms with E-state index >= 15 is 0 Å². The summed E-state index contributed by atoms with van der Waals surface area (Å²) in [5.74, 6) is 5.79. The molecule has 0 bridgehead atoms. The Kier molecular flexibility index (Phi) is 14.0. The third-order valence-electron chi connectivity index (χ3n) is 14.9. The quantitative estimate of drug-likeness (QED) is 0.119. The average molecular weight is 664 g/mol. The topological polar surface area (TPSA) is 17.1 Å². The van der Waals surface area contributed by atoms with Gasteiger partial charge in [-0.3, -0.25) is 4.79 Å². The van der Waals surface area contributed by atoms with Gasteiger partial charge in [-0.1, -0.05) is 153 Å². The number of halogens is 2. The molecule has 0 saturated heterocycles. The molecule has 0 aromatic heterocycles. The number of ketones is 1. The molecule has 5 rings (SSSR count). The molecule has 0 atom stereocenters. The van der Waals surface area contributed by atoms with Gasteiger partial charge in [0.15, 0.2) is 5.78 Å². The Hall–Kier alpha value is 0.250. The highest BCUT2D eigenvalue weighted by Gasteiger charge is 2.79. The van der Waals surface area contributed by atoms with Gasteiger partial charge in [0.1, 0.15) is 4.33 Å². The van der Waals surface area contributed by atoms with Crippen molar-refractivity contribution in [2.24, 2.45) is 46.3 Å². The van der Waals surface area contributed by atoms with E-state index in [0.717, 1.165) is 61.2 Å². The van der Waals surface area contributed by atoms with Crippen molar-refractivity contribution in [2.75, 3.05) is 0 Å². The number of unbranched alkanes of at least 4 members (excludes halogenated alkanes) is 10. The summed E-state index contributed by atoms with van der Waals surface area (Å²) >= 11 is 14.8. The van der Waals surface area contributed by atoms with E-state index < -0.39 is 15.2 Å². The minimum Gasteiger partial charge on any atom is -0.298 e. The fourth-order valence-electron chi connectivity index (χ4n) is 11.8. The van der Waals surface area contributed by atoms with Crippen LogP contribution in [0.4, 0.5) is 0 Å². The van der Waals surface area contributed by atoms with E-state index in [1.165, 1.54) is 167 Å². The molecule has 5 aliphatic rings. The molecule has 1 nitrogen and oxygen atoms in total. The molecule has 0 aromatic carbocycles. The molecule has 0 unspecified atom stereocenters. The number of hydrogen-bond acceptors (Lipinski definition) is 1. The first-order valence-electron chi connectivity index (χ1n) is 20.8. The molecule has 260 valence electrons. The fourth-order valence-corrected chi connectivity index (χ4v) is 12.9. The SMILES string of the molecule is CCCCCCCCCC[C@H]1CC[C@H](C2CCC3(CC2)C(=O)C2(CCC([C@H]4CC[C@H](CCCCCC)CC4)CC2)C3(Cl)Cl)CC1. The third-order valence-corrected chi connectivity index (χ3v) is 16.3. The Balaban J connectivity index is 0.993. The Labute approximate surface area is 289 Å². The third kappa shape index (κ3) is 8.18. The summed E-state index contributed by atoms with van der Waals surface area (Å²) in [4.78, 5) is 14.2. The van der Waals surface area contributed by atoms with E-state index in [-0.39, 0.29) is 0 Å². The van der Waals surface area contributed by atoms with E-state index in [4.69, 9.17) is 23.2 Å². The molecular weight excluding hydrogens is 591 g/mol. The first-order chi connectivity index (χ1) is 21.9. The minimum absolute atomic E-state index is 0.441. The van der Waals surface area contributed by atoms with Crippen molar-refractivity contribution in [1.82, 2.24) is 0 Å². The molecule has 0 aromatic rings. The van der Waals surface area contributed by atoms with E-state index in [1.54, 1.807) is 0 Å². The molecule has 0 N–H and O–H groups in total. The van der Waals surface area contributed by atoms with Crippen molar-refractivity contribution in [2.45, 2.75) is 211 Å². The van der Waals surface area contributed by atoms with Crippen LogP contribution in [-0.2, 0) is 4.79 Å². The zero-order valence-corrected chi connectivity index (χ0v) is 31.4. The Bertz CT molecular complexity index is 863. The second-order valence-electron chi connectivity index (χ2n) is 17.4. The largest absolute Gasteiger partial charge is 0.298 e. The number of carbonyl (C=O) groups is 1. The van der Waals surface area contributed by atoms with Gasteiger partial charge in [0.05, 0.1) is 10.8 Å². The zero-order chi connectivity index (χ0) is 31.8. The van der Waals surface area contributed by atoms with Crippen LogP contribution in [0.3, 0.4) is 0 Å². The van der Waals surface area contributed by atoms with Gasteiger partial charge in [0, 0.05) is 0 Å². The van der Waals surface area contributed by atoms with Crippen molar-refractivity contribution in [3.63, 3.8) is 0 Å². The van der Waals surface area contributed by atoms with Crippen LogP contribution >= 0.6 is 23.2 Å². The number of rotatable bonds is 16. The van der Waals surface area contributed by atoms with Crippen LogP contribution < -0.4 is 0 Å². The monoisotopic (exact) mass is 662 g/mol. The second-order valence-corrected chi connectivity index (χ2v) is 18.7. The van der Waals surface area contributed by atoms with Crippen LogP contribution in [0.2, 0.25) is 0 Å². The maximum absolute atomic E-state index is 14.2. The predicted octanol–water partition coefficient (Wildman–Crippen LogP) is 14.2. The summed E-state index contributed by atoms with van der Waals surface area (Å²) in [6.07, 6.45) is 40.0. The molecule has 5 fully saturated rings. The highest BCUT2D eigenvalue weighted by atomic mass is 35.5. The number of alkyl halides is 2. The standard InChI is InChI=1S/C42H72Cl2O/c1-3-5-7-9-10-11-12-14-16-34-19-23-36(24-20-34)38-27-31-41(32-28-38)39(45)40(42(41,43)44)29-25-37(26-30-40)35-21-17-33(18-22-35)15-13-8-6-4-2/h33-38H,3-32H2,1-2H3/t33-,34-,35-,36-,37?,38?,40?,41?. The van der Waals surface area contributed by atoms with Crippen molar-refractivity contribution >= 4 is 29.0 Å². The van der Waals surface area contributed by atoms with Gasteiger partial charge in [0.25, 0.3) is 0 Å². The lowest BCUT2D eigenvalue weighted by Crippen LogP contribution is -2.74. The van der Waals surface area contributed by atoms with Crippen LogP contribution in [0.5, 0.6) is 0 Å². The molecule has 0 heterocycles. The van der Waals surface area contributed by atoms with Crippen LogP contribution in [0, 0.1) is 46.3 Å². The van der Waals surface area contributed by atoms with E-state index in [1.807, 2.05) is 0 Å². The molecule has 5 aliphatic carbocycles. The van der Waals surface area contributed by atoms with Crippen molar-refractivity contribution in [1.29, 1.82) is 0 Å². The first kappa shape index (κ1) is 36.5. The second kappa shape index (κ2) is 17.3. The number of Topliss-reactive ketones (excluding diaryl/α,β-unsaturated/α-hetero) is 1. The lowest BCUT2D eigenvalue weighted by molar-refractivity contribution is -0.173. The smallest absolute Gasteiger partial charge is 0.151 e. The highest BCUT2D eigenvalue weighted by molar-refractivity contribution is 6.55. The Morgan fingerprint density at radius 3 is 1.13 bits per heavy atom. The summed E-state index contributed by atoms with van der Waals surface area (Å²) in [5.41, 5.74) is -0.882. The van der Waals surface area contributed by atoms with Gasteiger partial charge >= 0.3 is 0 Å². The molecule has 2 spiro atoms. The average Bonchev–Trinajstić information content (AvgIpc) is 3.08. The van der Waals surface area contributed by atoms with Crippen LogP contribution in [-0.4, -0.2) is 10.1 Å². The van der Waals surface area contributed by atoms with Crippen molar-refractivity contribution in [3.05, 3.63) is 0 Å². The molecule has 0 amide bonds. The number of hydrogen-bond donors (Lipinski definition) is 0. The fraction of sp³-hybridized carbons (Fsp3) is 0.976. The summed E-state index contributed by atoms with van der Waals surface area (Å²) < 4.78 is -0.836. The molecular formula is C42H72Cl2O. The van der Waals surface area contributed by atoms with Gasteiger partial charge in [0.2, 0.25) is 0 Å². The van der Waals surface area contributed by atoms with Gasteiger partial charge in [-0.25, -0.2) is 0 Å². The molecule has 3 heteroatoms. The van der Waals surface area contributed by atoms with Crippen LogP contribution in [0.1, 0.15) is 206 Å². The maximum atomic E-state index is 14.2. The van der Waals surface area contributed by atoms with E-state index in [2.05, 4.69) is 13.8 Å². The summed E-state index contributed by atoms with van der Waals surface area (Å²) in [5, 5.41) is 0. The molecule has 0 radical (unpaired) electrons. The summed E-state index contributed by atoms with van der Waals surface area (Å²) in [6.45, 7) is 4.61. The summed E-state index contributed by atoms with van der Waals surface area (Å²) in [7, 11) is 0. The summed E-state index contributed by atoms with van der Waals surface area (Å²) in [6, 6.07) is 0. The minimum atomic E-state index is -0.836. The lowest BCUT2D eigenvalue weighted by atomic mass is 9.41. The highest BCUT2D eigenvalue weighted by Crippen LogP contribution is 2.75. The van der Waals surface area contributed by atoms with E-state index in [9.17, 15) is 4.79 Å². The normalized spacial score (nSPS) is 38.4. The van der Waals surface area contributed by atoms with Crippen LogP contribution in [0.25, 0.3) is 0 Å². The van der Waals surface area contributed by atoms with Crippen LogP contribution in [0.15, 0.2) is 0 Å². The molecule has 45 heavy (non-hydrogen) atoms. The molecule has 5 saturated carbocycles. The predicted molar refractivity (Wildman–Crippen MR) is 195 cm³/mol. The van der Waals surface area contributed by atoms with Crippen molar-refractivity contribution in [3.8, 4) is 0 Å². The van der Waals surface area contributed by atoms with Crippen molar-refractivity contribution < 1.29 is 4.79 Å². The lowest BCUT2D eigenvalue weighted by Gasteiger charge is -2.67. The Morgan fingerprint density at radius 1 is 0.467 bits per heavy atom. The number of carbonyl (C=O) groups excluding carboxylic acids is 1. The Morgan fingerprint density at radius 2 is 0.778 bits per heavy atom.